The summed E-state index contributed by atoms with van der Waals surface area (Å²) < 4.78 is 5.41. The number of allylic oxidation sites excluding steroid dienone is 1. The Labute approximate surface area is 169 Å². The number of aliphatic imine (C=N–C) groups is 1. The molecule has 1 aliphatic rings. The monoisotopic (exact) mass is 401 g/mol. The van der Waals surface area contributed by atoms with Crippen molar-refractivity contribution in [1.29, 1.82) is 0 Å². The summed E-state index contributed by atoms with van der Waals surface area (Å²) in [6.45, 7) is 6.71. The zero-order valence-electron chi connectivity index (χ0n) is 16.2. The molecule has 0 spiro atoms. The zero-order chi connectivity index (χ0) is 20.3. The van der Waals surface area contributed by atoms with Crippen LogP contribution in [0.5, 0.6) is 0 Å². The van der Waals surface area contributed by atoms with Crippen molar-refractivity contribution in [2.45, 2.75) is 38.8 Å². The molecule has 1 aliphatic heterocycles. The maximum atomic E-state index is 12.2. The van der Waals surface area contributed by atoms with Gasteiger partial charge in [0.2, 0.25) is 0 Å². The van der Waals surface area contributed by atoms with Crippen LogP contribution in [0.3, 0.4) is 0 Å². The Morgan fingerprint density at radius 2 is 2.18 bits per heavy atom. The van der Waals surface area contributed by atoms with E-state index in [0.717, 1.165) is 23.1 Å². The summed E-state index contributed by atoms with van der Waals surface area (Å²) in [5, 5.41) is 0.409. The Balaban J connectivity index is 1.68. The Bertz CT molecular complexity index is 936. The van der Waals surface area contributed by atoms with Crippen molar-refractivity contribution >= 4 is 40.5 Å². The third-order valence-electron chi connectivity index (χ3n) is 4.26. The molecule has 0 aliphatic carbocycles. The number of nitrogens with zero attached hydrogens (tertiary/aromatic N) is 4. The van der Waals surface area contributed by atoms with Gasteiger partial charge < -0.3 is 15.4 Å². The first-order valence-electron chi connectivity index (χ1n) is 9.11. The van der Waals surface area contributed by atoms with Crippen molar-refractivity contribution in [2.75, 3.05) is 13.1 Å². The molecule has 0 bridgehead atoms. The first kappa shape index (κ1) is 20.1. The van der Waals surface area contributed by atoms with Gasteiger partial charge in [0, 0.05) is 42.8 Å². The van der Waals surface area contributed by atoms with Crippen LogP contribution < -0.4 is 5.73 Å². The van der Waals surface area contributed by atoms with Crippen LogP contribution in [0.15, 0.2) is 35.6 Å². The summed E-state index contributed by atoms with van der Waals surface area (Å²) in [5.74, 6) is 0. The lowest BCUT2D eigenvalue weighted by Crippen LogP contribution is -2.35. The Morgan fingerprint density at radius 3 is 2.89 bits per heavy atom. The Kier molecular flexibility index (Phi) is 5.84. The number of aromatic nitrogens is 2. The minimum Gasteiger partial charge on any atom is -0.444 e. The lowest BCUT2D eigenvalue weighted by Gasteiger charge is -2.24. The average molecular weight is 402 g/mol. The molecule has 1 saturated heterocycles. The van der Waals surface area contributed by atoms with Gasteiger partial charge in [0.05, 0.1) is 17.1 Å². The number of fused-ring (bicyclic) bond motifs is 1. The van der Waals surface area contributed by atoms with Crippen LogP contribution in [0, 0.1) is 0 Å². The van der Waals surface area contributed by atoms with E-state index in [1.54, 1.807) is 23.4 Å². The van der Waals surface area contributed by atoms with Crippen LogP contribution in [0.2, 0.25) is 5.15 Å². The number of hydrogen-bond donors (Lipinski definition) is 1. The summed E-state index contributed by atoms with van der Waals surface area (Å²) in [5.41, 5.74) is 8.26. The molecular formula is C20H24ClN5O2. The maximum absolute atomic E-state index is 12.2. The summed E-state index contributed by atoms with van der Waals surface area (Å²) in [7, 11) is 0. The van der Waals surface area contributed by atoms with Crippen molar-refractivity contribution in [2.24, 2.45) is 10.7 Å². The first-order valence-corrected chi connectivity index (χ1v) is 9.48. The minimum atomic E-state index is -0.506. The number of rotatable bonds is 3. The summed E-state index contributed by atoms with van der Waals surface area (Å²) in [4.78, 5) is 27.1. The summed E-state index contributed by atoms with van der Waals surface area (Å²) in [6.07, 6.45) is 5.40. The topological polar surface area (TPSA) is 93.7 Å². The highest BCUT2D eigenvalue weighted by Gasteiger charge is 2.29. The molecule has 8 heteroatoms. The molecule has 1 fully saturated rings. The number of nitrogens with two attached hydrogens (primary N) is 1. The van der Waals surface area contributed by atoms with E-state index >= 15 is 0 Å². The van der Waals surface area contributed by atoms with Gasteiger partial charge in [0.25, 0.3) is 0 Å². The lowest BCUT2D eigenvalue weighted by atomic mass is 10.1. The normalized spacial score (nSPS) is 18.2. The molecule has 1 amide bonds. The lowest BCUT2D eigenvalue weighted by molar-refractivity contribution is 0.0293. The minimum absolute atomic E-state index is 0.00320. The standard InChI is InChI=1S/C20H24ClN5O2/c1-20(2,3)28-19(27)26-7-6-15(12-26)23-11-14(9-22)13-8-17-16(24-10-13)4-5-18(21)25-17/h4-5,8-11,15H,6-7,12,22H2,1-3H3/t15-/m1/s1. The number of ether oxygens (including phenoxy) is 1. The highest BCUT2D eigenvalue weighted by atomic mass is 35.5. The highest BCUT2D eigenvalue weighted by Crippen LogP contribution is 2.20. The third-order valence-corrected chi connectivity index (χ3v) is 4.47. The predicted molar refractivity (Wildman–Crippen MR) is 111 cm³/mol. The van der Waals surface area contributed by atoms with Crippen LogP contribution in [0.4, 0.5) is 4.79 Å². The van der Waals surface area contributed by atoms with Crippen LogP contribution in [0.25, 0.3) is 16.6 Å². The molecule has 0 aromatic carbocycles. The molecule has 0 saturated carbocycles. The van der Waals surface area contributed by atoms with Gasteiger partial charge in [-0.05, 0) is 45.4 Å². The van der Waals surface area contributed by atoms with Crippen LogP contribution in [0.1, 0.15) is 32.8 Å². The molecule has 2 aromatic heterocycles. The number of hydrogen-bond acceptors (Lipinski definition) is 6. The van der Waals surface area contributed by atoms with Crippen molar-refractivity contribution in [1.82, 2.24) is 14.9 Å². The number of likely N-dealkylation sites (tertiary alicyclic amines) is 1. The van der Waals surface area contributed by atoms with E-state index in [-0.39, 0.29) is 12.1 Å². The van der Waals surface area contributed by atoms with Gasteiger partial charge in [-0.2, -0.15) is 0 Å². The van der Waals surface area contributed by atoms with E-state index in [4.69, 9.17) is 22.1 Å². The van der Waals surface area contributed by atoms with E-state index in [0.29, 0.717) is 23.8 Å². The van der Waals surface area contributed by atoms with E-state index in [1.165, 1.54) is 6.20 Å². The van der Waals surface area contributed by atoms with Gasteiger partial charge in [0.1, 0.15) is 10.8 Å². The smallest absolute Gasteiger partial charge is 0.410 e. The van der Waals surface area contributed by atoms with Gasteiger partial charge >= 0.3 is 6.09 Å². The van der Waals surface area contributed by atoms with Gasteiger partial charge in [-0.25, -0.2) is 9.78 Å². The number of amides is 1. The molecule has 1 atom stereocenters. The van der Waals surface area contributed by atoms with Gasteiger partial charge in [-0.3, -0.25) is 9.98 Å². The quantitative estimate of drug-likeness (QED) is 0.625. The predicted octanol–water partition coefficient (Wildman–Crippen LogP) is 3.66. The Hall–Kier alpha value is -2.67. The van der Waals surface area contributed by atoms with Gasteiger partial charge in [-0.15, -0.1) is 0 Å². The van der Waals surface area contributed by atoms with Gasteiger partial charge in [0.15, 0.2) is 0 Å². The van der Waals surface area contributed by atoms with Crippen molar-refractivity contribution < 1.29 is 9.53 Å². The fraction of sp³-hybridized carbons (Fsp3) is 0.400. The van der Waals surface area contributed by atoms with Crippen LogP contribution in [-0.4, -0.2) is 51.9 Å². The van der Waals surface area contributed by atoms with Crippen molar-refractivity contribution in [3.05, 3.63) is 41.3 Å². The first-order chi connectivity index (χ1) is 13.2. The largest absolute Gasteiger partial charge is 0.444 e. The molecule has 3 rings (SSSR count). The second-order valence-corrected chi connectivity index (χ2v) is 8.05. The summed E-state index contributed by atoms with van der Waals surface area (Å²) >= 11 is 5.96. The van der Waals surface area contributed by atoms with E-state index < -0.39 is 5.60 Å². The molecule has 2 aromatic rings. The second kappa shape index (κ2) is 8.14. The molecule has 28 heavy (non-hydrogen) atoms. The average Bonchev–Trinajstić information content (AvgIpc) is 3.09. The van der Waals surface area contributed by atoms with E-state index in [2.05, 4.69) is 15.0 Å². The van der Waals surface area contributed by atoms with Crippen LogP contribution >= 0.6 is 11.6 Å². The van der Waals surface area contributed by atoms with Crippen molar-refractivity contribution in [3.8, 4) is 0 Å². The fourth-order valence-electron chi connectivity index (χ4n) is 2.89. The van der Waals surface area contributed by atoms with E-state index in [9.17, 15) is 4.79 Å². The molecule has 2 N–H and O–H groups in total. The maximum Gasteiger partial charge on any atom is 0.410 e. The molecular weight excluding hydrogens is 378 g/mol. The number of pyridine rings is 2. The van der Waals surface area contributed by atoms with Gasteiger partial charge in [-0.1, -0.05) is 11.6 Å². The molecule has 0 radical (unpaired) electrons. The number of carbonyl (C=O) groups is 1. The molecule has 148 valence electrons. The highest BCUT2D eigenvalue weighted by molar-refractivity contribution is 6.29. The summed E-state index contributed by atoms with van der Waals surface area (Å²) in [6, 6.07) is 5.40. The third kappa shape index (κ3) is 4.98. The number of halogens is 1. The zero-order valence-corrected chi connectivity index (χ0v) is 17.0. The molecule has 0 unspecified atom stereocenters. The number of carbonyl (C=O) groups excluding carboxylic acids is 1. The van der Waals surface area contributed by atoms with Crippen molar-refractivity contribution in [3.63, 3.8) is 0 Å². The molecule has 7 nitrogen and oxygen atoms in total. The molecule has 3 heterocycles. The van der Waals surface area contributed by atoms with Crippen LogP contribution in [-0.2, 0) is 4.74 Å². The SMILES string of the molecule is CC(C)(C)OC(=O)N1CC[C@@H](N=CC(=CN)c2cnc3ccc(Cl)nc3c2)C1. The van der Waals surface area contributed by atoms with E-state index in [1.807, 2.05) is 32.9 Å². The second-order valence-electron chi connectivity index (χ2n) is 7.67. The fourth-order valence-corrected chi connectivity index (χ4v) is 3.05. The Morgan fingerprint density at radius 1 is 1.39 bits per heavy atom.